The summed E-state index contributed by atoms with van der Waals surface area (Å²) in [6, 6.07) is 0. The maximum atomic E-state index is 12.4. The number of rotatable bonds is 5. The minimum absolute atomic E-state index is 0.138. The fraction of sp³-hybridized carbons (Fsp3) is 0.308. The van der Waals surface area contributed by atoms with Gasteiger partial charge in [-0.2, -0.15) is 0 Å². The van der Waals surface area contributed by atoms with Gasteiger partial charge in [-0.3, -0.25) is 0 Å². The van der Waals surface area contributed by atoms with Gasteiger partial charge in [0.25, 0.3) is 0 Å². The zero-order chi connectivity index (χ0) is 15.0. The Balaban J connectivity index is 1.76. The SMILES string of the molecule is COO/C=C/CCN1Cc2c(sc3c(Br)[se]c(Br)c23)C1=O. The number of fused-ring (bicyclic) bond motifs is 3. The van der Waals surface area contributed by atoms with Crippen molar-refractivity contribution in [2.45, 2.75) is 13.0 Å². The molecule has 0 radical (unpaired) electrons. The molecule has 0 unspecified atom stereocenters. The van der Waals surface area contributed by atoms with Crippen molar-refractivity contribution in [1.29, 1.82) is 0 Å². The molecule has 4 nitrogen and oxygen atoms in total. The average Bonchev–Trinajstić information content (AvgIpc) is 3.05. The fourth-order valence-corrected chi connectivity index (χ4v) is 9.28. The van der Waals surface area contributed by atoms with Crippen molar-refractivity contribution in [1.82, 2.24) is 4.90 Å². The molecule has 0 atom stereocenters. The van der Waals surface area contributed by atoms with E-state index in [4.69, 9.17) is 0 Å². The monoisotopic (exact) mass is 499 g/mol. The molecule has 2 aromatic heterocycles. The van der Waals surface area contributed by atoms with Crippen molar-refractivity contribution in [3.8, 4) is 0 Å². The van der Waals surface area contributed by atoms with E-state index in [9.17, 15) is 4.79 Å². The van der Waals surface area contributed by atoms with Gasteiger partial charge in [0.1, 0.15) is 0 Å². The van der Waals surface area contributed by atoms with Crippen molar-refractivity contribution in [3.05, 3.63) is 29.5 Å². The molecule has 0 saturated heterocycles. The van der Waals surface area contributed by atoms with Crippen LogP contribution in [0.2, 0.25) is 0 Å². The number of thiophene rings is 1. The predicted molar refractivity (Wildman–Crippen MR) is 90.8 cm³/mol. The normalized spacial score (nSPS) is 14.6. The van der Waals surface area contributed by atoms with Gasteiger partial charge < -0.3 is 0 Å². The molecule has 2 aromatic rings. The second kappa shape index (κ2) is 6.56. The molecule has 0 aromatic carbocycles. The number of hydrogen-bond acceptors (Lipinski definition) is 4. The van der Waals surface area contributed by atoms with Gasteiger partial charge in [0.05, 0.1) is 0 Å². The maximum absolute atomic E-state index is 12.4. The first-order valence-corrected chi connectivity index (χ1v) is 10.3. The van der Waals surface area contributed by atoms with Crippen LogP contribution in [0, 0.1) is 0 Å². The fourth-order valence-electron chi connectivity index (χ4n) is 2.29. The van der Waals surface area contributed by atoms with E-state index in [1.165, 1.54) is 35.7 Å². The molecular weight excluding hydrogens is 489 g/mol. The Kier molecular flexibility index (Phi) is 4.93. The molecule has 1 aliphatic heterocycles. The zero-order valence-corrected chi connectivity index (χ0v) is 16.7. The minimum atomic E-state index is 0.138. The van der Waals surface area contributed by atoms with Crippen LogP contribution >= 0.6 is 43.2 Å². The van der Waals surface area contributed by atoms with Gasteiger partial charge >= 0.3 is 149 Å². The van der Waals surface area contributed by atoms with Gasteiger partial charge in [0.2, 0.25) is 0 Å². The molecule has 0 saturated carbocycles. The molecule has 21 heavy (non-hydrogen) atoms. The molecular formula is C13H11Br2NO3SSe. The number of carbonyl (C=O) groups is 1. The number of amides is 1. The third kappa shape index (κ3) is 2.90. The van der Waals surface area contributed by atoms with E-state index in [0.717, 1.165) is 11.3 Å². The molecule has 0 bridgehead atoms. The Labute approximate surface area is 148 Å². The quantitative estimate of drug-likeness (QED) is 0.271. The summed E-state index contributed by atoms with van der Waals surface area (Å²) >= 11 is 9.21. The second-order valence-electron chi connectivity index (χ2n) is 4.41. The van der Waals surface area contributed by atoms with E-state index < -0.39 is 0 Å². The average molecular weight is 500 g/mol. The molecule has 3 heterocycles. The van der Waals surface area contributed by atoms with Crippen LogP contribution < -0.4 is 0 Å². The van der Waals surface area contributed by atoms with E-state index in [0.29, 0.717) is 27.6 Å². The van der Waals surface area contributed by atoms with Crippen LogP contribution in [0.5, 0.6) is 0 Å². The summed E-state index contributed by atoms with van der Waals surface area (Å²) in [7, 11) is 1.46. The van der Waals surface area contributed by atoms with Gasteiger partial charge in [0, 0.05) is 0 Å². The Hall–Kier alpha value is -0.111. The van der Waals surface area contributed by atoms with Gasteiger partial charge in [0.15, 0.2) is 0 Å². The molecule has 1 amide bonds. The van der Waals surface area contributed by atoms with Crippen LogP contribution in [-0.2, 0) is 16.3 Å². The summed E-state index contributed by atoms with van der Waals surface area (Å²) < 4.78 is 3.70. The van der Waals surface area contributed by atoms with Gasteiger partial charge in [-0.1, -0.05) is 0 Å². The molecule has 8 heteroatoms. The summed E-state index contributed by atoms with van der Waals surface area (Å²) in [5.41, 5.74) is 1.18. The van der Waals surface area contributed by atoms with Gasteiger partial charge in [-0.25, -0.2) is 0 Å². The van der Waals surface area contributed by atoms with E-state index in [-0.39, 0.29) is 5.91 Å². The Morgan fingerprint density at radius 3 is 3.00 bits per heavy atom. The number of halogens is 2. The number of hydrogen-bond donors (Lipinski definition) is 0. The molecule has 3 rings (SSSR count). The topological polar surface area (TPSA) is 38.8 Å². The van der Waals surface area contributed by atoms with Crippen LogP contribution in [0.15, 0.2) is 19.0 Å². The Morgan fingerprint density at radius 1 is 1.43 bits per heavy atom. The second-order valence-corrected chi connectivity index (χ2v) is 11.5. The van der Waals surface area contributed by atoms with Crippen molar-refractivity contribution in [2.75, 3.05) is 13.7 Å². The molecule has 0 spiro atoms. The van der Waals surface area contributed by atoms with Crippen molar-refractivity contribution in [3.63, 3.8) is 0 Å². The first-order chi connectivity index (χ1) is 10.1. The van der Waals surface area contributed by atoms with Crippen LogP contribution in [0.4, 0.5) is 0 Å². The van der Waals surface area contributed by atoms with E-state index in [2.05, 4.69) is 41.6 Å². The van der Waals surface area contributed by atoms with E-state index in [1.807, 2.05) is 11.0 Å². The summed E-state index contributed by atoms with van der Waals surface area (Å²) in [6.07, 6.45) is 4.09. The van der Waals surface area contributed by atoms with Crippen LogP contribution in [0.3, 0.4) is 0 Å². The molecule has 0 N–H and O–H groups in total. The Bertz CT molecular complexity index is 725. The molecule has 112 valence electrons. The summed E-state index contributed by atoms with van der Waals surface area (Å²) in [5, 5.41) is 1.25. The van der Waals surface area contributed by atoms with E-state index >= 15 is 0 Å². The Morgan fingerprint density at radius 2 is 2.24 bits per heavy atom. The number of nitrogens with zero attached hydrogens (tertiary/aromatic N) is 1. The first kappa shape index (κ1) is 15.8. The standard InChI is InChI=1S/C13H11Br2NO3SSe/c1-18-19-5-3-2-4-16-6-7-8-10(12(15)21-11(8)14)20-9(7)13(16)17/h3,5H,2,4,6H2,1H3/b5-3+. The molecule has 1 aliphatic rings. The molecule has 0 fully saturated rings. The third-order valence-electron chi connectivity index (χ3n) is 3.21. The van der Waals surface area contributed by atoms with E-state index in [1.54, 1.807) is 11.3 Å². The van der Waals surface area contributed by atoms with Crippen LogP contribution in [-0.4, -0.2) is 39.0 Å². The first-order valence-electron chi connectivity index (χ1n) is 6.16. The van der Waals surface area contributed by atoms with Crippen molar-refractivity contribution >= 4 is 73.7 Å². The predicted octanol–water partition coefficient (Wildman–Crippen LogP) is 3.92. The molecule has 0 aliphatic carbocycles. The van der Waals surface area contributed by atoms with Crippen LogP contribution in [0.25, 0.3) is 10.1 Å². The van der Waals surface area contributed by atoms with Crippen molar-refractivity contribution < 1.29 is 14.6 Å². The number of carbonyl (C=O) groups excluding carboxylic acids is 1. The summed E-state index contributed by atoms with van der Waals surface area (Å²) in [6.45, 7) is 1.39. The van der Waals surface area contributed by atoms with Gasteiger partial charge in [-0.15, -0.1) is 0 Å². The summed E-state index contributed by atoms with van der Waals surface area (Å²) in [4.78, 5) is 24.4. The zero-order valence-electron chi connectivity index (χ0n) is 11.0. The third-order valence-corrected chi connectivity index (χ3v) is 9.08. The summed E-state index contributed by atoms with van der Waals surface area (Å²) in [5.74, 6) is 0.138. The van der Waals surface area contributed by atoms with Gasteiger partial charge in [-0.05, 0) is 0 Å². The van der Waals surface area contributed by atoms with Crippen molar-refractivity contribution in [2.24, 2.45) is 0 Å². The van der Waals surface area contributed by atoms with Crippen LogP contribution in [0.1, 0.15) is 21.7 Å².